The molecule has 2 atom stereocenters. The van der Waals surface area contributed by atoms with Gasteiger partial charge in [0, 0.05) is 0 Å². The summed E-state index contributed by atoms with van der Waals surface area (Å²) < 4.78 is 0.0998. The van der Waals surface area contributed by atoms with Gasteiger partial charge in [-0.05, 0) is 0 Å². The van der Waals surface area contributed by atoms with Crippen LogP contribution in [-0.4, -0.2) is 16.9 Å². The molecule has 0 fully saturated rings. The van der Waals surface area contributed by atoms with Crippen molar-refractivity contribution in [3.63, 3.8) is 0 Å². The van der Waals surface area contributed by atoms with E-state index in [1.165, 1.54) is 11.1 Å². The van der Waals surface area contributed by atoms with Crippen LogP contribution in [0.4, 0.5) is 0 Å². The number of rotatable bonds is 3. The van der Waals surface area contributed by atoms with Gasteiger partial charge in [-0.25, -0.2) is 0 Å². The molecule has 2 rings (SSSR count). The van der Waals surface area contributed by atoms with E-state index in [9.17, 15) is 0 Å². The molecular formula is C15H15AsCl2. The third kappa shape index (κ3) is 3.32. The predicted molar refractivity (Wildman–Crippen MR) is 82.5 cm³/mol. The minimum atomic E-state index is 0.0998. The molecule has 0 aromatic heterocycles. The third-order valence-electron chi connectivity index (χ3n) is 2.99. The molecule has 2 unspecified atom stereocenters. The molecule has 0 aliphatic heterocycles. The summed E-state index contributed by atoms with van der Waals surface area (Å²) in [6.45, 7) is 2.25. The summed E-state index contributed by atoms with van der Waals surface area (Å²) in [7, 11) is 0. The fraction of sp³-hybridized carbons (Fsp3) is 0.200. The molecule has 0 saturated carbocycles. The van der Waals surface area contributed by atoms with E-state index in [1.807, 2.05) is 18.2 Å². The Kier molecular flexibility index (Phi) is 4.43. The van der Waals surface area contributed by atoms with Crippen LogP contribution in [0, 0.1) is 0 Å². The quantitative estimate of drug-likeness (QED) is 0.738. The Bertz CT molecular complexity index is 535. The fourth-order valence-electron chi connectivity index (χ4n) is 1.97. The summed E-state index contributed by atoms with van der Waals surface area (Å²) in [5.41, 5.74) is 2.58. The van der Waals surface area contributed by atoms with Crippen molar-refractivity contribution in [2.24, 2.45) is 0 Å². The summed E-state index contributed by atoms with van der Waals surface area (Å²) in [5, 5.41) is 1.24. The molecule has 0 N–H and O–H groups in total. The molecule has 0 saturated heterocycles. The molecule has 0 amide bonds. The molecule has 0 heterocycles. The van der Waals surface area contributed by atoms with Crippen molar-refractivity contribution >= 4 is 40.1 Å². The van der Waals surface area contributed by atoms with Crippen molar-refractivity contribution in [3.8, 4) is 0 Å². The average Bonchev–Trinajstić information content (AvgIpc) is 2.33. The van der Waals surface area contributed by atoms with Gasteiger partial charge in [0.1, 0.15) is 0 Å². The predicted octanol–water partition coefficient (Wildman–Crippen LogP) is 4.08. The van der Waals surface area contributed by atoms with Crippen LogP contribution in [0.3, 0.4) is 0 Å². The first-order valence-corrected chi connectivity index (χ1v) is 7.74. The van der Waals surface area contributed by atoms with Gasteiger partial charge in [-0.15, -0.1) is 0 Å². The van der Waals surface area contributed by atoms with Crippen molar-refractivity contribution in [2.75, 3.05) is 0 Å². The van der Waals surface area contributed by atoms with Crippen LogP contribution in [0.5, 0.6) is 0 Å². The topological polar surface area (TPSA) is 0 Å². The van der Waals surface area contributed by atoms with Crippen LogP contribution in [0.1, 0.15) is 18.1 Å². The zero-order chi connectivity index (χ0) is 13.2. The second-order valence-corrected chi connectivity index (χ2v) is 8.20. The van der Waals surface area contributed by atoms with Crippen molar-refractivity contribution in [3.05, 3.63) is 69.7 Å². The average molecular weight is 341 g/mol. The van der Waals surface area contributed by atoms with Crippen LogP contribution in [0.2, 0.25) is 10.0 Å². The van der Waals surface area contributed by atoms with Crippen molar-refractivity contribution < 1.29 is 0 Å². The molecule has 18 heavy (non-hydrogen) atoms. The molecule has 0 aliphatic rings. The second kappa shape index (κ2) is 5.70. The molecule has 2 aromatic rings. The Labute approximate surface area is 127 Å². The number of benzene rings is 2. The summed E-state index contributed by atoms with van der Waals surface area (Å²) in [6, 6.07) is 16.4. The Morgan fingerprint density at radius 1 is 1.00 bits per heavy atom. The standard InChI is InChI=1S/C15H15AsCl2/c1-15(16,10-11-5-3-2-4-6-11)12-7-8-13(17)14(18)9-12/h2-9H,10,16H2,1H3. The zero-order valence-corrected chi connectivity index (χ0v) is 14.1. The van der Waals surface area contributed by atoms with Crippen LogP contribution in [-0.2, 0) is 10.6 Å². The van der Waals surface area contributed by atoms with Crippen molar-refractivity contribution in [2.45, 2.75) is 17.5 Å². The Hall–Kier alpha value is -0.422. The molecule has 0 aliphatic carbocycles. The number of halogens is 2. The van der Waals surface area contributed by atoms with Gasteiger partial charge in [-0.2, -0.15) is 0 Å². The second-order valence-electron chi connectivity index (χ2n) is 4.71. The van der Waals surface area contributed by atoms with E-state index in [-0.39, 0.29) is 4.20 Å². The van der Waals surface area contributed by atoms with E-state index in [2.05, 4.69) is 37.3 Å². The molecule has 0 radical (unpaired) electrons. The third-order valence-corrected chi connectivity index (χ3v) is 4.86. The normalized spacial score (nSPS) is 14.2. The Morgan fingerprint density at radius 3 is 2.28 bits per heavy atom. The van der Waals surface area contributed by atoms with Gasteiger partial charge < -0.3 is 0 Å². The molecule has 94 valence electrons. The van der Waals surface area contributed by atoms with Gasteiger partial charge in [0.05, 0.1) is 0 Å². The van der Waals surface area contributed by atoms with Gasteiger partial charge >= 0.3 is 127 Å². The first-order chi connectivity index (χ1) is 8.49. The van der Waals surface area contributed by atoms with E-state index < -0.39 is 0 Å². The van der Waals surface area contributed by atoms with E-state index >= 15 is 0 Å². The first kappa shape index (κ1) is 14.0. The maximum absolute atomic E-state index is 6.10. The summed E-state index contributed by atoms with van der Waals surface area (Å²) >= 11 is 13.8. The molecule has 0 nitrogen and oxygen atoms in total. The number of hydrogen-bond donors (Lipinski definition) is 0. The van der Waals surface area contributed by atoms with Crippen molar-refractivity contribution in [1.82, 2.24) is 0 Å². The monoisotopic (exact) mass is 340 g/mol. The van der Waals surface area contributed by atoms with E-state index in [0.29, 0.717) is 10.0 Å². The Balaban J connectivity index is 2.27. The summed E-state index contributed by atoms with van der Waals surface area (Å²) in [5.74, 6) is 0. The van der Waals surface area contributed by atoms with Gasteiger partial charge in [0.15, 0.2) is 0 Å². The Morgan fingerprint density at radius 2 is 1.67 bits per heavy atom. The van der Waals surface area contributed by atoms with Crippen molar-refractivity contribution in [1.29, 1.82) is 0 Å². The SMILES string of the molecule is CC([AsH2])(Cc1ccccc1)c1ccc(Cl)c(Cl)c1. The van der Waals surface area contributed by atoms with Crippen LogP contribution >= 0.6 is 23.2 Å². The van der Waals surface area contributed by atoms with Gasteiger partial charge in [-0.3, -0.25) is 0 Å². The van der Waals surface area contributed by atoms with Gasteiger partial charge in [-0.1, -0.05) is 0 Å². The number of hydrogen-bond acceptors (Lipinski definition) is 0. The zero-order valence-electron chi connectivity index (χ0n) is 10.2. The molecule has 2 aromatic carbocycles. The summed E-state index contributed by atoms with van der Waals surface area (Å²) in [6.07, 6.45) is 1.01. The molecular weight excluding hydrogens is 326 g/mol. The van der Waals surface area contributed by atoms with Crippen LogP contribution in [0.25, 0.3) is 0 Å². The van der Waals surface area contributed by atoms with E-state index in [4.69, 9.17) is 23.2 Å². The first-order valence-electron chi connectivity index (χ1n) is 5.77. The maximum atomic E-state index is 6.10. The van der Waals surface area contributed by atoms with E-state index in [1.54, 1.807) is 16.9 Å². The van der Waals surface area contributed by atoms with Crippen LogP contribution in [0.15, 0.2) is 48.5 Å². The van der Waals surface area contributed by atoms with Gasteiger partial charge in [0.2, 0.25) is 0 Å². The summed E-state index contributed by atoms with van der Waals surface area (Å²) in [4.78, 5) is 0. The fourth-order valence-corrected chi connectivity index (χ4v) is 3.14. The molecule has 0 spiro atoms. The molecule has 0 bridgehead atoms. The van der Waals surface area contributed by atoms with Crippen LogP contribution < -0.4 is 0 Å². The van der Waals surface area contributed by atoms with E-state index in [0.717, 1.165) is 6.42 Å². The molecule has 3 heteroatoms. The van der Waals surface area contributed by atoms with Gasteiger partial charge in [0.25, 0.3) is 0 Å². The minimum absolute atomic E-state index is 0.0998.